The van der Waals surface area contributed by atoms with Crippen LogP contribution in [0.5, 0.6) is 0 Å². The molecule has 126 valence electrons. The predicted molar refractivity (Wildman–Crippen MR) is 91.0 cm³/mol. The Bertz CT molecular complexity index is 667. The van der Waals surface area contributed by atoms with E-state index in [1.807, 2.05) is 18.2 Å². The number of benzene rings is 1. The highest BCUT2D eigenvalue weighted by Gasteiger charge is 2.36. The van der Waals surface area contributed by atoms with E-state index < -0.39 is 0 Å². The lowest BCUT2D eigenvalue weighted by atomic mass is 9.88. The van der Waals surface area contributed by atoms with E-state index in [-0.39, 0.29) is 17.4 Å². The van der Waals surface area contributed by atoms with E-state index >= 15 is 0 Å². The van der Waals surface area contributed by atoms with Crippen molar-refractivity contribution in [2.24, 2.45) is 0 Å². The van der Waals surface area contributed by atoms with E-state index in [2.05, 4.69) is 15.6 Å². The van der Waals surface area contributed by atoms with E-state index in [4.69, 9.17) is 0 Å². The molecule has 2 N–H and O–H groups in total. The van der Waals surface area contributed by atoms with Gasteiger partial charge in [-0.15, -0.1) is 0 Å². The number of aromatic nitrogens is 1. The average molecular weight is 327 g/mol. The molecule has 1 aromatic carbocycles. The maximum absolute atomic E-state index is 13.2. The van der Waals surface area contributed by atoms with E-state index in [1.165, 1.54) is 12.1 Å². The molecule has 3 rings (SSSR count). The standard InChI is InChI=1S/C19H22FN3O/c20-16-8-6-15(7-9-16)19(11-2-3-12-19)23-18(24)22-14-10-17-5-1-4-13-21-17/h1,4-9,13H,2-3,10-12,14H2,(H2,22,23,24). The number of carbonyl (C=O) groups is 1. The molecule has 0 unspecified atom stereocenters. The average Bonchev–Trinajstić information content (AvgIpc) is 3.06. The van der Waals surface area contributed by atoms with E-state index in [0.29, 0.717) is 13.0 Å². The summed E-state index contributed by atoms with van der Waals surface area (Å²) in [5.74, 6) is -0.258. The van der Waals surface area contributed by atoms with Gasteiger partial charge in [0.25, 0.3) is 0 Å². The third-order valence-corrected chi connectivity index (χ3v) is 4.60. The molecule has 0 radical (unpaired) electrons. The lowest BCUT2D eigenvalue weighted by Gasteiger charge is -2.31. The number of nitrogens with one attached hydrogen (secondary N) is 2. The number of pyridine rings is 1. The Labute approximate surface area is 141 Å². The van der Waals surface area contributed by atoms with Crippen LogP contribution >= 0.6 is 0 Å². The smallest absolute Gasteiger partial charge is 0.315 e. The van der Waals surface area contributed by atoms with Crippen molar-refractivity contribution in [1.82, 2.24) is 15.6 Å². The summed E-state index contributed by atoms with van der Waals surface area (Å²) >= 11 is 0. The van der Waals surface area contributed by atoms with Crippen LogP contribution in [0.1, 0.15) is 36.9 Å². The minimum atomic E-state index is -0.386. The van der Waals surface area contributed by atoms with Gasteiger partial charge in [-0.2, -0.15) is 0 Å². The van der Waals surface area contributed by atoms with Crippen molar-refractivity contribution < 1.29 is 9.18 Å². The highest BCUT2D eigenvalue weighted by Crippen LogP contribution is 2.38. The molecule has 1 aromatic heterocycles. The number of amides is 2. The van der Waals surface area contributed by atoms with Crippen molar-refractivity contribution in [2.75, 3.05) is 6.54 Å². The zero-order chi connectivity index (χ0) is 16.8. The molecule has 0 atom stereocenters. The van der Waals surface area contributed by atoms with Gasteiger partial charge in [-0.3, -0.25) is 4.98 Å². The van der Waals surface area contributed by atoms with Crippen molar-refractivity contribution in [1.29, 1.82) is 0 Å². The van der Waals surface area contributed by atoms with Gasteiger partial charge in [-0.25, -0.2) is 9.18 Å². The lowest BCUT2D eigenvalue weighted by molar-refractivity contribution is 0.224. The van der Waals surface area contributed by atoms with Crippen LogP contribution in [0.4, 0.5) is 9.18 Å². The monoisotopic (exact) mass is 327 g/mol. The summed E-state index contributed by atoms with van der Waals surface area (Å²) in [6, 6.07) is 12.0. The molecule has 1 heterocycles. The largest absolute Gasteiger partial charge is 0.338 e. The Morgan fingerprint density at radius 1 is 1.12 bits per heavy atom. The SMILES string of the molecule is O=C(NCCc1ccccn1)NC1(c2ccc(F)cc2)CCCC1. The molecule has 24 heavy (non-hydrogen) atoms. The summed E-state index contributed by atoms with van der Waals surface area (Å²) in [6.45, 7) is 0.530. The number of carbonyl (C=O) groups excluding carboxylic acids is 1. The maximum atomic E-state index is 13.2. The fourth-order valence-electron chi connectivity index (χ4n) is 3.34. The van der Waals surface area contributed by atoms with Gasteiger partial charge in [0.2, 0.25) is 0 Å². The zero-order valence-corrected chi connectivity index (χ0v) is 13.6. The minimum absolute atomic E-state index is 0.183. The summed E-state index contributed by atoms with van der Waals surface area (Å²) < 4.78 is 13.2. The molecule has 1 fully saturated rings. The number of urea groups is 1. The van der Waals surface area contributed by atoms with Crippen LogP contribution in [0.2, 0.25) is 0 Å². The van der Waals surface area contributed by atoms with Crippen molar-refractivity contribution in [2.45, 2.75) is 37.6 Å². The van der Waals surface area contributed by atoms with Gasteiger partial charge < -0.3 is 10.6 Å². The van der Waals surface area contributed by atoms with Crippen molar-refractivity contribution in [3.05, 3.63) is 65.7 Å². The summed E-state index contributed by atoms with van der Waals surface area (Å²) in [5, 5.41) is 6.02. The fraction of sp³-hybridized carbons (Fsp3) is 0.368. The summed E-state index contributed by atoms with van der Waals surface area (Å²) in [7, 11) is 0. The molecule has 5 heteroatoms. The first kappa shape index (κ1) is 16.4. The van der Waals surface area contributed by atoms with Crippen LogP contribution in [-0.2, 0) is 12.0 Å². The normalized spacial score (nSPS) is 15.9. The van der Waals surface area contributed by atoms with Gasteiger partial charge in [0.15, 0.2) is 0 Å². The molecule has 4 nitrogen and oxygen atoms in total. The second kappa shape index (κ2) is 7.43. The number of nitrogens with zero attached hydrogens (tertiary/aromatic N) is 1. The van der Waals surface area contributed by atoms with Gasteiger partial charge in [0.05, 0.1) is 5.54 Å². The Kier molecular flexibility index (Phi) is 5.08. The van der Waals surface area contributed by atoms with Gasteiger partial charge in [0.1, 0.15) is 5.82 Å². The van der Waals surface area contributed by atoms with Crippen LogP contribution in [0.25, 0.3) is 0 Å². The van der Waals surface area contributed by atoms with Gasteiger partial charge in [-0.05, 0) is 42.7 Å². The van der Waals surface area contributed by atoms with Crippen LogP contribution in [0, 0.1) is 5.82 Å². The zero-order valence-electron chi connectivity index (χ0n) is 13.6. The van der Waals surface area contributed by atoms with Crippen molar-refractivity contribution in [3.63, 3.8) is 0 Å². The molecule has 1 saturated carbocycles. The van der Waals surface area contributed by atoms with Crippen molar-refractivity contribution in [3.8, 4) is 0 Å². The lowest BCUT2D eigenvalue weighted by Crippen LogP contribution is -2.48. The second-order valence-corrected chi connectivity index (χ2v) is 6.25. The topological polar surface area (TPSA) is 54.0 Å². The number of hydrogen-bond donors (Lipinski definition) is 2. The summed E-state index contributed by atoms with van der Waals surface area (Å²) in [4.78, 5) is 16.6. The van der Waals surface area contributed by atoms with Crippen LogP contribution in [-0.4, -0.2) is 17.6 Å². The molecular weight excluding hydrogens is 305 g/mol. The molecule has 0 spiro atoms. The van der Waals surface area contributed by atoms with Gasteiger partial charge in [0, 0.05) is 24.9 Å². The van der Waals surface area contributed by atoms with Crippen LogP contribution < -0.4 is 10.6 Å². The molecule has 0 bridgehead atoms. The van der Waals surface area contributed by atoms with Crippen LogP contribution in [0.3, 0.4) is 0 Å². The number of hydrogen-bond acceptors (Lipinski definition) is 2. The highest BCUT2D eigenvalue weighted by atomic mass is 19.1. The fourth-order valence-corrected chi connectivity index (χ4v) is 3.34. The van der Waals surface area contributed by atoms with Crippen LogP contribution in [0.15, 0.2) is 48.7 Å². The third kappa shape index (κ3) is 3.91. The quantitative estimate of drug-likeness (QED) is 0.882. The predicted octanol–water partition coefficient (Wildman–Crippen LogP) is 3.53. The van der Waals surface area contributed by atoms with Gasteiger partial charge >= 0.3 is 6.03 Å². The highest BCUT2D eigenvalue weighted by molar-refractivity contribution is 5.75. The molecule has 0 saturated heterocycles. The Balaban J connectivity index is 1.59. The van der Waals surface area contributed by atoms with E-state index in [9.17, 15) is 9.18 Å². The first-order chi connectivity index (χ1) is 11.7. The van der Waals surface area contributed by atoms with Gasteiger partial charge in [-0.1, -0.05) is 31.0 Å². The minimum Gasteiger partial charge on any atom is -0.338 e. The number of halogens is 1. The first-order valence-corrected chi connectivity index (χ1v) is 8.40. The Morgan fingerprint density at radius 3 is 2.54 bits per heavy atom. The third-order valence-electron chi connectivity index (χ3n) is 4.60. The molecule has 0 aliphatic heterocycles. The molecule has 2 aromatic rings. The second-order valence-electron chi connectivity index (χ2n) is 6.25. The molecule has 1 aliphatic rings. The molecular formula is C19H22FN3O. The summed E-state index contributed by atoms with van der Waals surface area (Å²) in [6.07, 6.45) is 6.32. The Hall–Kier alpha value is -2.43. The molecule has 2 amide bonds. The van der Waals surface area contributed by atoms with Crippen molar-refractivity contribution >= 4 is 6.03 Å². The number of rotatable bonds is 5. The summed E-state index contributed by atoms with van der Waals surface area (Å²) in [5.41, 5.74) is 1.54. The van der Waals surface area contributed by atoms with E-state index in [1.54, 1.807) is 18.3 Å². The Morgan fingerprint density at radius 2 is 1.88 bits per heavy atom. The van der Waals surface area contributed by atoms with E-state index in [0.717, 1.165) is 36.9 Å². The first-order valence-electron chi connectivity index (χ1n) is 8.40. The molecule has 1 aliphatic carbocycles. The maximum Gasteiger partial charge on any atom is 0.315 e.